The average Bonchev–Trinajstić information content (AvgIpc) is 3.76. The smallest absolute Gasteiger partial charge is 0.322 e. The van der Waals surface area contributed by atoms with Gasteiger partial charge in [0.15, 0.2) is 0 Å². The summed E-state index contributed by atoms with van der Waals surface area (Å²) in [7, 11) is 3.35. The molecule has 54 heavy (non-hydrogen) atoms. The predicted octanol–water partition coefficient (Wildman–Crippen LogP) is 11.3. The largest absolute Gasteiger partial charge is 0.462 e. The summed E-state index contributed by atoms with van der Waals surface area (Å²) in [6.45, 7) is 4.83. The van der Waals surface area contributed by atoms with Crippen molar-refractivity contribution in [3.8, 4) is 0 Å². The maximum absolute atomic E-state index is 12.9. The Balaban J connectivity index is 1.28. The third kappa shape index (κ3) is 18.8. The SMILES string of the molecule is CCCCCCCCCCCC[C@@H](OCOC)[C@H]1CC[C@H]([C@@H](CCCC[C@@H](O)CCCCCCCC2(Sc3ccccc3)C[C@H](C)OC2=O)OCOC)O1. The number of aliphatic hydroxyl groups excluding tert-OH is 1. The first-order valence-electron chi connectivity index (χ1n) is 21.9. The van der Waals surface area contributed by atoms with E-state index in [4.69, 9.17) is 28.4 Å². The zero-order chi connectivity index (χ0) is 38.7. The molecule has 1 N–H and O–H groups in total. The molecule has 0 saturated carbocycles. The number of aliphatic hydroxyl groups is 1. The highest BCUT2D eigenvalue weighted by Crippen LogP contribution is 2.46. The minimum absolute atomic E-state index is 0.0213. The molecule has 0 aliphatic carbocycles. The fourth-order valence-corrected chi connectivity index (χ4v) is 9.70. The number of carbonyl (C=O) groups is 1. The summed E-state index contributed by atoms with van der Waals surface area (Å²) < 4.78 is 34.6. The van der Waals surface area contributed by atoms with Crippen LogP contribution in [0.25, 0.3) is 0 Å². The van der Waals surface area contributed by atoms with E-state index in [0.717, 1.165) is 108 Å². The van der Waals surface area contributed by atoms with Crippen molar-refractivity contribution in [3.05, 3.63) is 30.3 Å². The maximum Gasteiger partial charge on any atom is 0.322 e. The lowest BCUT2D eigenvalue weighted by Gasteiger charge is -2.27. The van der Waals surface area contributed by atoms with Crippen LogP contribution in [0, 0.1) is 0 Å². The molecule has 2 aliphatic rings. The van der Waals surface area contributed by atoms with Crippen LogP contribution < -0.4 is 0 Å². The van der Waals surface area contributed by atoms with Gasteiger partial charge in [-0.1, -0.05) is 134 Å². The van der Waals surface area contributed by atoms with E-state index in [2.05, 4.69) is 19.1 Å². The number of hydrogen-bond donors (Lipinski definition) is 1. The first-order valence-corrected chi connectivity index (χ1v) is 22.7. The minimum atomic E-state index is -0.469. The Bertz CT molecular complexity index is 1060. The van der Waals surface area contributed by atoms with Gasteiger partial charge in [0.05, 0.1) is 30.5 Å². The fraction of sp³-hybridized carbons (Fsp3) is 0.844. The van der Waals surface area contributed by atoms with Gasteiger partial charge < -0.3 is 33.5 Å². The molecule has 7 atom stereocenters. The predicted molar refractivity (Wildman–Crippen MR) is 220 cm³/mol. The van der Waals surface area contributed by atoms with Crippen molar-refractivity contribution < 1.29 is 38.3 Å². The van der Waals surface area contributed by atoms with Gasteiger partial charge >= 0.3 is 5.97 Å². The van der Waals surface area contributed by atoms with E-state index in [1.54, 1.807) is 26.0 Å². The van der Waals surface area contributed by atoms with Gasteiger partial charge in [-0.2, -0.15) is 0 Å². The highest BCUT2D eigenvalue weighted by Gasteiger charge is 2.48. The first kappa shape index (κ1) is 47.2. The Morgan fingerprint density at radius 2 is 1.20 bits per heavy atom. The Labute approximate surface area is 333 Å². The van der Waals surface area contributed by atoms with Crippen molar-refractivity contribution in [1.82, 2.24) is 0 Å². The number of unbranched alkanes of at least 4 members (excludes halogenated alkanes) is 14. The lowest BCUT2D eigenvalue weighted by molar-refractivity contribution is -0.159. The molecule has 2 saturated heterocycles. The van der Waals surface area contributed by atoms with Gasteiger partial charge in [-0.3, -0.25) is 4.79 Å². The van der Waals surface area contributed by atoms with Gasteiger partial charge in [0, 0.05) is 25.5 Å². The number of methoxy groups -OCH3 is 2. The second-order valence-corrected chi connectivity index (χ2v) is 17.5. The Kier molecular flexibility index (Phi) is 25.4. The van der Waals surface area contributed by atoms with Crippen LogP contribution in [-0.4, -0.2) is 80.3 Å². The lowest BCUT2D eigenvalue weighted by Crippen LogP contribution is -2.34. The van der Waals surface area contributed by atoms with Crippen molar-refractivity contribution in [3.63, 3.8) is 0 Å². The number of thioether (sulfide) groups is 1. The third-order valence-corrected chi connectivity index (χ3v) is 12.7. The molecule has 1 unspecified atom stereocenters. The molecular weight excluding hydrogens is 701 g/mol. The van der Waals surface area contributed by atoms with Gasteiger partial charge in [0.2, 0.25) is 0 Å². The summed E-state index contributed by atoms with van der Waals surface area (Å²) in [6, 6.07) is 10.2. The number of carbonyl (C=O) groups excluding carboxylic acids is 1. The van der Waals surface area contributed by atoms with Crippen LogP contribution >= 0.6 is 11.8 Å². The number of rotatable bonds is 34. The molecule has 0 spiro atoms. The standard InChI is InChI=1S/C45H78O8S/c1-5-6-7-8-9-10-11-12-15-21-29-40(50-35-48-3)42-31-32-43(53-42)41(51-36-49-4)30-23-22-26-38(46)25-18-14-13-16-24-33-45(34-37(2)52-44(45)47)54-39-27-19-17-20-28-39/h17,19-20,27-28,37-38,40-43,46H,5-16,18,21-26,29-36H2,1-4H3/t37-,38-,40+,41+,42+,43+,45?/m0/s1. The van der Waals surface area contributed by atoms with Crippen molar-refractivity contribution in [2.75, 3.05) is 27.8 Å². The monoisotopic (exact) mass is 779 g/mol. The van der Waals surface area contributed by atoms with E-state index in [9.17, 15) is 9.90 Å². The van der Waals surface area contributed by atoms with E-state index in [1.807, 2.05) is 25.1 Å². The Morgan fingerprint density at radius 1 is 0.722 bits per heavy atom. The first-order chi connectivity index (χ1) is 26.4. The molecule has 2 heterocycles. The zero-order valence-corrected chi connectivity index (χ0v) is 35.5. The van der Waals surface area contributed by atoms with Crippen LogP contribution in [0.3, 0.4) is 0 Å². The number of hydrogen-bond acceptors (Lipinski definition) is 9. The van der Waals surface area contributed by atoms with Crippen molar-refractivity contribution in [2.24, 2.45) is 0 Å². The summed E-state index contributed by atoms with van der Waals surface area (Å²) in [4.78, 5) is 14.0. The van der Waals surface area contributed by atoms with E-state index in [1.165, 1.54) is 57.8 Å². The van der Waals surface area contributed by atoms with E-state index < -0.39 is 4.75 Å². The molecule has 3 rings (SSSR count). The molecule has 0 radical (unpaired) electrons. The highest BCUT2D eigenvalue weighted by molar-refractivity contribution is 8.01. The van der Waals surface area contributed by atoms with Gasteiger partial charge in [0.25, 0.3) is 0 Å². The minimum Gasteiger partial charge on any atom is -0.462 e. The molecular formula is C45H78O8S. The van der Waals surface area contributed by atoms with Crippen LogP contribution in [0.4, 0.5) is 0 Å². The van der Waals surface area contributed by atoms with Gasteiger partial charge in [-0.25, -0.2) is 0 Å². The zero-order valence-electron chi connectivity index (χ0n) is 34.7. The summed E-state index contributed by atoms with van der Waals surface area (Å²) >= 11 is 1.68. The maximum atomic E-state index is 12.9. The highest BCUT2D eigenvalue weighted by atomic mass is 32.2. The second kappa shape index (κ2) is 29.1. The average molecular weight is 779 g/mol. The summed E-state index contributed by atoms with van der Waals surface area (Å²) in [6.07, 6.45) is 27.5. The molecule has 0 bridgehead atoms. The lowest BCUT2D eigenvalue weighted by atomic mass is 9.96. The Hall–Kier alpha value is -1.20. The van der Waals surface area contributed by atoms with E-state index in [-0.39, 0.29) is 49.4 Å². The quantitative estimate of drug-likeness (QED) is 0.0417. The van der Waals surface area contributed by atoms with Crippen molar-refractivity contribution in [1.29, 1.82) is 0 Å². The molecule has 8 nitrogen and oxygen atoms in total. The molecule has 0 amide bonds. The fourth-order valence-electron chi connectivity index (χ4n) is 8.26. The van der Waals surface area contributed by atoms with E-state index >= 15 is 0 Å². The van der Waals surface area contributed by atoms with Crippen LogP contribution in [0.1, 0.15) is 174 Å². The second-order valence-electron chi connectivity index (χ2n) is 16.1. The molecule has 2 aliphatic heterocycles. The number of esters is 1. The molecule has 1 aromatic carbocycles. The van der Waals surface area contributed by atoms with Crippen LogP contribution in [-0.2, 0) is 33.2 Å². The normalized spacial score (nSPS) is 23.1. The Morgan fingerprint density at radius 3 is 1.72 bits per heavy atom. The summed E-state index contributed by atoms with van der Waals surface area (Å²) in [5, 5.41) is 10.7. The van der Waals surface area contributed by atoms with Crippen LogP contribution in [0.5, 0.6) is 0 Å². The van der Waals surface area contributed by atoms with Crippen LogP contribution in [0.2, 0.25) is 0 Å². The molecule has 0 aromatic heterocycles. The van der Waals surface area contributed by atoms with Gasteiger partial charge in [-0.05, 0) is 64.0 Å². The molecule has 2 fully saturated rings. The number of ether oxygens (including phenoxy) is 6. The van der Waals surface area contributed by atoms with Gasteiger partial charge in [-0.15, -0.1) is 11.8 Å². The van der Waals surface area contributed by atoms with Crippen molar-refractivity contribution >= 4 is 17.7 Å². The van der Waals surface area contributed by atoms with Gasteiger partial charge in [0.1, 0.15) is 24.4 Å². The number of cyclic esters (lactones) is 1. The van der Waals surface area contributed by atoms with Crippen molar-refractivity contribution in [2.45, 2.75) is 221 Å². The molecule has 9 heteroatoms. The van der Waals surface area contributed by atoms with Crippen LogP contribution in [0.15, 0.2) is 35.2 Å². The molecule has 312 valence electrons. The summed E-state index contributed by atoms with van der Waals surface area (Å²) in [5.74, 6) is -0.0560. The molecule has 1 aromatic rings. The summed E-state index contributed by atoms with van der Waals surface area (Å²) in [5.41, 5.74) is 0. The third-order valence-electron chi connectivity index (χ3n) is 11.3. The number of benzene rings is 1. The van der Waals surface area contributed by atoms with E-state index in [0.29, 0.717) is 6.79 Å². The topological polar surface area (TPSA) is 92.7 Å².